The van der Waals surface area contributed by atoms with Crippen molar-refractivity contribution in [2.75, 3.05) is 0 Å². The SMILES string of the molecule is CCCC[C@@H](C)NP. The molecule has 1 unspecified atom stereocenters. The summed E-state index contributed by atoms with van der Waals surface area (Å²) in [5.74, 6) is 0. The Bertz CT molecular complexity index is 47.8. The van der Waals surface area contributed by atoms with Gasteiger partial charge in [0.15, 0.2) is 0 Å². The highest BCUT2D eigenvalue weighted by Gasteiger charge is 1.93. The molecule has 0 rings (SSSR count). The van der Waals surface area contributed by atoms with Crippen molar-refractivity contribution in [3.63, 3.8) is 0 Å². The van der Waals surface area contributed by atoms with Gasteiger partial charge < -0.3 is 0 Å². The van der Waals surface area contributed by atoms with Crippen molar-refractivity contribution in [3.05, 3.63) is 0 Å². The van der Waals surface area contributed by atoms with E-state index in [0.29, 0.717) is 6.04 Å². The first-order chi connectivity index (χ1) is 3.81. The van der Waals surface area contributed by atoms with Crippen molar-refractivity contribution in [3.8, 4) is 0 Å². The van der Waals surface area contributed by atoms with E-state index in [1.54, 1.807) is 0 Å². The Morgan fingerprint density at radius 2 is 2.25 bits per heavy atom. The van der Waals surface area contributed by atoms with E-state index in [-0.39, 0.29) is 0 Å². The smallest absolute Gasteiger partial charge is 0.00705 e. The third-order valence-electron chi connectivity index (χ3n) is 1.28. The minimum absolute atomic E-state index is 0.667. The molecule has 2 atom stereocenters. The molecule has 1 nitrogen and oxygen atoms in total. The lowest BCUT2D eigenvalue weighted by atomic mass is 10.2. The fraction of sp³-hybridized carbons (Fsp3) is 1.00. The van der Waals surface area contributed by atoms with E-state index in [9.17, 15) is 0 Å². The summed E-state index contributed by atoms with van der Waals surface area (Å²) >= 11 is 0. The van der Waals surface area contributed by atoms with E-state index in [2.05, 4.69) is 28.3 Å². The average molecular weight is 133 g/mol. The number of hydrogen-bond acceptors (Lipinski definition) is 1. The first kappa shape index (κ1) is 8.39. The highest BCUT2D eigenvalue weighted by Crippen LogP contribution is 1.99. The molecule has 0 saturated heterocycles. The summed E-state index contributed by atoms with van der Waals surface area (Å²) in [7, 11) is 2.54. The molecule has 8 heavy (non-hydrogen) atoms. The summed E-state index contributed by atoms with van der Waals surface area (Å²) in [6.45, 7) is 4.41. The van der Waals surface area contributed by atoms with Crippen LogP contribution < -0.4 is 5.09 Å². The molecule has 50 valence electrons. The maximum absolute atomic E-state index is 3.12. The van der Waals surface area contributed by atoms with Crippen LogP contribution in [0.2, 0.25) is 0 Å². The van der Waals surface area contributed by atoms with Gasteiger partial charge >= 0.3 is 0 Å². The molecule has 0 aromatic rings. The highest BCUT2D eigenvalue weighted by molar-refractivity contribution is 7.13. The molecule has 0 aromatic carbocycles. The zero-order valence-corrected chi connectivity index (χ0v) is 6.93. The van der Waals surface area contributed by atoms with Crippen LogP contribution in [-0.2, 0) is 0 Å². The van der Waals surface area contributed by atoms with E-state index >= 15 is 0 Å². The molecule has 0 heterocycles. The van der Waals surface area contributed by atoms with Gasteiger partial charge in [0.1, 0.15) is 0 Å². The number of rotatable bonds is 4. The molecule has 0 fully saturated rings. The van der Waals surface area contributed by atoms with Gasteiger partial charge in [-0.05, 0) is 13.3 Å². The van der Waals surface area contributed by atoms with Crippen LogP contribution in [0.15, 0.2) is 0 Å². The standard InChI is InChI=1S/C6H16NP/c1-3-4-5-6(2)7-8/h6-7H,3-5,8H2,1-2H3/t6-/m1/s1. The van der Waals surface area contributed by atoms with Crippen molar-refractivity contribution in [1.82, 2.24) is 5.09 Å². The van der Waals surface area contributed by atoms with Crippen LogP contribution in [0.4, 0.5) is 0 Å². The van der Waals surface area contributed by atoms with E-state index in [4.69, 9.17) is 0 Å². The van der Waals surface area contributed by atoms with Gasteiger partial charge in [0.2, 0.25) is 0 Å². The molecule has 0 aliphatic rings. The Balaban J connectivity index is 2.86. The van der Waals surface area contributed by atoms with Crippen molar-refractivity contribution in [1.29, 1.82) is 0 Å². The molecule has 0 spiro atoms. The van der Waals surface area contributed by atoms with E-state index in [1.165, 1.54) is 19.3 Å². The highest BCUT2D eigenvalue weighted by atomic mass is 31.0. The molecule has 0 bridgehead atoms. The largest absolute Gasteiger partial charge is 0.298 e. The maximum Gasteiger partial charge on any atom is 0.00705 e. The van der Waals surface area contributed by atoms with Crippen LogP contribution in [0.25, 0.3) is 0 Å². The van der Waals surface area contributed by atoms with Gasteiger partial charge in [-0.2, -0.15) is 0 Å². The molecular formula is C6H16NP. The van der Waals surface area contributed by atoms with E-state index < -0.39 is 0 Å². The molecule has 0 aliphatic carbocycles. The Morgan fingerprint density at radius 3 is 2.62 bits per heavy atom. The van der Waals surface area contributed by atoms with Crippen molar-refractivity contribution in [2.45, 2.75) is 39.2 Å². The third kappa shape index (κ3) is 4.55. The predicted octanol–water partition coefficient (Wildman–Crippen LogP) is 1.94. The van der Waals surface area contributed by atoms with E-state index in [1.807, 2.05) is 0 Å². The van der Waals surface area contributed by atoms with Crippen molar-refractivity contribution in [2.24, 2.45) is 0 Å². The van der Waals surface area contributed by atoms with E-state index in [0.717, 1.165) is 0 Å². The second kappa shape index (κ2) is 5.53. The molecule has 0 amide bonds. The number of nitrogens with one attached hydrogen (secondary N) is 1. The topological polar surface area (TPSA) is 12.0 Å². The second-order valence-electron chi connectivity index (χ2n) is 2.21. The average Bonchev–Trinajstić information content (AvgIpc) is 1.83. The Kier molecular flexibility index (Phi) is 5.79. The normalized spacial score (nSPS) is 13.9. The molecule has 0 radical (unpaired) electrons. The van der Waals surface area contributed by atoms with Gasteiger partial charge in [-0.1, -0.05) is 29.2 Å². The van der Waals surface area contributed by atoms with Crippen LogP contribution >= 0.6 is 9.39 Å². The quantitative estimate of drug-likeness (QED) is 0.578. The Labute approximate surface area is 54.5 Å². The van der Waals surface area contributed by atoms with Gasteiger partial charge in [-0.25, -0.2) is 0 Å². The van der Waals surface area contributed by atoms with Crippen molar-refractivity contribution < 1.29 is 0 Å². The van der Waals surface area contributed by atoms with Crippen molar-refractivity contribution >= 4 is 9.39 Å². The van der Waals surface area contributed by atoms with Gasteiger partial charge in [-0.15, -0.1) is 0 Å². The lowest BCUT2D eigenvalue weighted by Crippen LogP contribution is -2.14. The first-order valence-electron chi connectivity index (χ1n) is 3.27. The fourth-order valence-electron chi connectivity index (χ4n) is 0.594. The summed E-state index contributed by atoms with van der Waals surface area (Å²) in [5.41, 5.74) is 0. The van der Waals surface area contributed by atoms with Crippen LogP contribution in [0.5, 0.6) is 0 Å². The molecule has 2 heteroatoms. The lowest BCUT2D eigenvalue weighted by molar-refractivity contribution is 0.587. The molecule has 1 N–H and O–H groups in total. The Hall–Kier alpha value is 0.390. The molecular weight excluding hydrogens is 117 g/mol. The third-order valence-corrected chi connectivity index (χ3v) is 1.84. The fourth-order valence-corrected chi connectivity index (χ4v) is 0.760. The number of hydrogen-bond donors (Lipinski definition) is 1. The van der Waals surface area contributed by atoms with Gasteiger partial charge in [0.05, 0.1) is 0 Å². The predicted molar refractivity (Wildman–Crippen MR) is 41.8 cm³/mol. The summed E-state index contributed by atoms with van der Waals surface area (Å²) in [6, 6.07) is 0.667. The monoisotopic (exact) mass is 133 g/mol. The minimum Gasteiger partial charge on any atom is -0.298 e. The number of unbranched alkanes of at least 4 members (excludes halogenated alkanes) is 1. The lowest BCUT2D eigenvalue weighted by Gasteiger charge is -2.06. The molecule has 0 aromatic heterocycles. The Morgan fingerprint density at radius 1 is 1.62 bits per heavy atom. The van der Waals surface area contributed by atoms with Crippen LogP contribution in [0.3, 0.4) is 0 Å². The summed E-state index contributed by atoms with van der Waals surface area (Å²) in [4.78, 5) is 0. The maximum atomic E-state index is 3.12. The van der Waals surface area contributed by atoms with Crippen LogP contribution in [0, 0.1) is 0 Å². The first-order valence-corrected chi connectivity index (χ1v) is 3.85. The zero-order chi connectivity index (χ0) is 6.41. The zero-order valence-electron chi connectivity index (χ0n) is 5.78. The summed E-state index contributed by atoms with van der Waals surface area (Å²) in [6.07, 6.45) is 3.93. The van der Waals surface area contributed by atoms with Crippen LogP contribution in [0.1, 0.15) is 33.1 Å². The molecule has 0 saturated carbocycles. The summed E-state index contributed by atoms with van der Waals surface area (Å²) < 4.78 is 0. The second-order valence-corrected chi connectivity index (χ2v) is 2.54. The minimum atomic E-state index is 0.667. The van der Waals surface area contributed by atoms with Gasteiger partial charge in [-0.3, -0.25) is 5.09 Å². The van der Waals surface area contributed by atoms with Gasteiger partial charge in [0.25, 0.3) is 0 Å². The summed E-state index contributed by atoms with van der Waals surface area (Å²) in [5, 5.41) is 3.12. The van der Waals surface area contributed by atoms with Crippen LogP contribution in [-0.4, -0.2) is 6.04 Å². The van der Waals surface area contributed by atoms with Gasteiger partial charge in [0, 0.05) is 6.04 Å². The molecule has 0 aliphatic heterocycles.